The number of aromatic amines is 1. The Labute approximate surface area is 110 Å². The van der Waals surface area contributed by atoms with Crippen LogP contribution in [0.2, 0.25) is 0 Å². The van der Waals surface area contributed by atoms with Crippen LogP contribution in [0.4, 0.5) is 5.69 Å². The average Bonchev–Trinajstić information content (AvgIpc) is 2.84. The summed E-state index contributed by atoms with van der Waals surface area (Å²) in [7, 11) is 0. The Balaban J connectivity index is 2.24. The van der Waals surface area contributed by atoms with E-state index >= 15 is 0 Å². The maximum absolute atomic E-state index is 12.1. The first-order chi connectivity index (χ1) is 9.13. The molecule has 0 saturated heterocycles. The van der Waals surface area contributed by atoms with Gasteiger partial charge in [-0.1, -0.05) is 18.2 Å². The number of allylic oxidation sites excluding steroid dienone is 1. The Morgan fingerprint density at radius 2 is 2.32 bits per heavy atom. The summed E-state index contributed by atoms with van der Waals surface area (Å²) in [4.78, 5) is 23.5. The fourth-order valence-electron chi connectivity index (χ4n) is 1.92. The molecule has 1 heterocycles. The van der Waals surface area contributed by atoms with Crippen LogP contribution in [0.1, 0.15) is 13.3 Å². The number of hydrogen-bond donors (Lipinski definition) is 2. The van der Waals surface area contributed by atoms with Crippen molar-refractivity contribution < 1.29 is 9.59 Å². The molecule has 1 amide bonds. The molecule has 1 aromatic heterocycles. The first kappa shape index (κ1) is 13.0. The smallest absolute Gasteiger partial charge is 0.235 e. The molecule has 0 aliphatic carbocycles. The Bertz CT molecular complexity index is 630. The predicted molar refractivity (Wildman–Crippen MR) is 73.7 cm³/mol. The number of benzene rings is 1. The second-order valence-corrected chi connectivity index (χ2v) is 4.32. The number of Topliss-reactive ketones (excluding diaryl/α,β-unsaturated/α-hetero) is 1. The summed E-state index contributed by atoms with van der Waals surface area (Å²) >= 11 is 0. The van der Waals surface area contributed by atoms with Gasteiger partial charge in [-0.25, -0.2) is 0 Å². The van der Waals surface area contributed by atoms with Crippen LogP contribution in [0.25, 0.3) is 10.9 Å². The molecule has 1 unspecified atom stereocenters. The normalized spacial score (nSPS) is 12.1. The summed E-state index contributed by atoms with van der Waals surface area (Å²) in [5.41, 5.74) is 1.37. The molecule has 5 heteroatoms. The minimum atomic E-state index is -0.698. The molecule has 2 aromatic rings. The van der Waals surface area contributed by atoms with Crippen molar-refractivity contribution in [2.45, 2.75) is 13.3 Å². The third-order valence-corrected chi connectivity index (χ3v) is 2.94. The molecular formula is C14H15N3O2. The third-order valence-electron chi connectivity index (χ3n) is 2.94. The number of nitrogens with zero attached hydrogens (tertiary/aromatic N) is 1. The van der Waals surface area contributed by atoms with E-state index in [0.717, 1.165) is 10.9 Å². The molecule has 0 radical (unpaired) electrons. The number of ketones is 1. The number of anilines is 1. The van der Waals surface area contributed by atoms with Gasteiger partial charge >= 0.3 is 0 Å². The molecule has 0 spiro atoms. The largest absolute Gasteiger partial charge is 0.324 e. The summed E-state index contributed by atoms with van der Waals surface area (Å²) in [6, 6.07) is 5.48. The zero-order valence-electron chi connectivity index (χ0n) is 10.6. The summed E-state index contributed by atoms with van der Waals surface area (Å²) in [6.07, 6.45) is 3.58. The zero-order valence-corrected chi connectivity index (χ0v) is 10.6. The van der Waals surface area contributed by atoms with Crippen LogP contribution in [0.5, 0.6) is 0 Å². The van der Waals surface area contributed by atoms with Crippen molar-refractivity contribution in [1.82, 2.24) is 10.2 Å². The highest BCUT2D eigenvalue weighted by molar-refractivity contribution is 6.09. The molecule has 0 aliphatic heterocycles. The summed E-state index contributed by atoms with van der Waals surface area (Å²) in [5, 5.41) is 10.4. The van der Waals surface area contributed by atoms with E-state index in [4.69, 9.17) is 0 Å². The lowest BCUT2D eigenvalue weighted by Crippen LogP contribution is -2.27. The minimum Gasteiger partial charge on any atom is -0.324 e. The second-order valence-electron chi connectivity index (χ2n) is 4.32. The van der Waals surface area contributed by atoms with Crippen LogP contribution in [-0.2, 0) is 9.59 Å². The first-order valence-electron chi connectivity index (χ1n) is 5.97. The maximum atomic E-state index is 12.1. The average molecular weight is 257 g/mol. The molecule has 0 fully saturated rings. The van der Waals surface area contributed by atoms with Crippen molar-refractivity contribution in [1.29, 1.82) is 0 Å². The second kappa shape index (κ2) is 5.48. The molecule has 98 valence electrons. The Morgan fingerprint density at radius 3 is 3.00 bits per heavy atom. The van der Waals surface area contributed by atoms with Crippen LogP contribution in [0, 0.1) is 5.92 Å². The highest BCUT2D eigenvalue weighted by Gasteiger charge is 2.22. The van der Waals surface area contributed by atoms with Crippen molar-refractivity contribution in [2.24, 2.45) is 5.92 Å². The summed E-state index contributed by atoms with van der Waals surface area (Å²) in [6.45, 7) is 4.97. The number of nitrogens with one attached hydrogen (secondary N) is 2. The van der Waals surface area contributed by atoms with Gasteiger partial charge in [-0.2, -0.15) is 5.10 Å². The van der Waals surface area contributed by atoms with Crippen LogP contribution >= 0.6 is 0 Å². The minimum absolute atomic E-state index is 0.172. The molecule has 1 atom stereocenters. The molecule has 0 saturated carbocycles. The fourth-order valence-corrected chi connectivity index (χ4v) is 1.92. The number of amides is 1. The number of carbonyl (C=O) groups excluding carboxylic acids is 2. The molecular weight excluding hydrogens is 242 g/mol. The highest BCUT2D eigenvalue weighted by atomic mass is 16.2. The Kier molecular flexibility index (Phi) is 3.75. The Hall–Kier alpha value is -2.43. The number of hydrogen-bond acceptors (Lipinski definition) is 3. The highest BCUT2D eigenvalue weighted by Crippen LogP contribution is 2.21. The van der Waals surface area contributed by atoms with Gasteiger partial charge in [-0.05, 0) is 19.4 Å². The molecule has 0 bridgehead atoms. The number of para-hydroxylation sites is 1. The van der Waals surface area contributed by atoms with Gasteiger partial charge in [0.05, 0.1) is 23.3 Å². The lowest BCUT2D eigenvalue weighted by Gasteiger charge is -2.12. The van der Waals surface area contributed by atoms with Crippen molar-refractivity contribution >= 4 is 28.3 Å². The van der Waals surface area contributed by atoms with Gasteiger partial charge in [0.25, 0.3) is 0 Å². The van der Waals surface area contributed by atoms with Crippen molar-refractivity contribution in [3.8, 4) is 0 Å². The number of aromatic nitrogens is 2. The van der Waals surface area contributed by atoms with E-state index in [-0.39, 0.29) is 11.7 Å². The number of carbonyl (C=O) groups is 2. The van der Waals surface area contributed by atoms with Gasteiger partial charge in [0.1, 0.15) is 5.78 Å². The van der Waals surface area contributed by atoms with Crippen LogP contribution in [-0.4, -0.2) is 21.9 Å². The number of fused-ring (bicyclic) bond motifs is 1. The molecule has 19 heavy (non-hydrogen) atoms. The van der Waals surface area contributed by atoms with E-state index in [1.807, 2.05) is 12.1 Å². The van der Waals surface area contributed by atoms with Gasteiger partial charge in [0.15, 0.2) is 0 Å². The number of rotatable bonds is 5. The molecule has 2 rings (SSSR count). The third kappa shape index (κ3) is 2.70. The van der Waals surface area contributed by atoms with Crippen molar-refractivity contribution in [3.05, 3.63) is 37.1 Å². The van der Waals surface area contributed by atoms with E-state index < -0.39 is 5.92 Å². The molecule has 5 nitrogen and oxygen atoms in total. The van der Waals surface area contributed by atoms with Gasteiger partial charge in [-0.3, -0.25) is 14.7 Å². The van der Waals surface area contributed by atoms with Crippen LogP contribution in [0.3, 0.4) is 0 Å². The van der Waals surface area contributed by atoms with E-state index in [9.17, 15) is 9.59 Å². The zero-order chi connectivity index (χ0) is 13.8. The van der Waals surface area contributed by atoms with E-state index in [2.05, 4.69) is 22.1 Å². The number of H-pyrrole nitrogens is 1. The van der Waals surface area contributed by atoms with Gasteiger partial charge in [0, 0.05) is 5.39 Å². The SMILES string of the molecule is C=CCC(C(C)=O)C(=O)Nc1cccc2cn[nH]c12. The molecule has 1 aromatic carbocycles. The van der Waals surface area contributed by atoms with Gasteiger partial charge in [-0.15, -0.1) is 6.58 Å². The lowest BCUT2D eigenvalue weighted by molar-refractivity contribution is -0.129. The maximum Gasteiger partial charge on any atom is 0.235 e. The topological polar surface area (TPSA) is 74.8 Å². The van der Waals surface area contributed by atoms with Crippen molar-refractivity contribution in [2.75, 3.05) is 5.32 Å². The first-order valence-corrected chi connectivity index (χ1v) is 5.97. The predicted octanol–water partition coefficient (Wildman–Crippen LogP) is 2.28. The lowest BCUT2D eigenvalue weighted by atomic mass is 10.00. The van der Waals surface area contributed by atoms with E-state index in [1.54, 1.807) is 18.3 Å². The van der Waals surface area contributed by atoms with Gasteiger partial charge < -0.3 is 5.32 Å². The standard InChI is InChI=1S/C14H15N3O2/c1-3-5-11(9(2)18)14(19)16-12-7-4-6-10-8-15-17-13(10)12/h3-4,6-8,11H,1,5H2,2H3,(H,15,17)(H,16,19). The molecule has 0 aliphatic rings. The summed E-state index contributed by atoms with van der Waals surface area (Å²) < 4.78 is 0. The molecule has 2 N–H and O–H groups in total. The Morgan fingerprint density at radius 1 is 1.53 bits per heavy atom. The van der Waals surface area contributed by atoms with Gasteiger partial charge in [0.2, 0.25) is 5.91 Å². The van der Waals surface area contributed by atoms with Crippen molar-refractivity contribution in [3.63, 3.8) is 0 Å². The monoisotopic (exact) mass is 257 g/mol. The van der Waals surface area contributed by atoms with E-state index in [1.165, 1.54) is 6.92 Å². The quantitative estimate of drug-likeness (QED) is 0.637. The van der Waals surface area contributed by atoms with Crippen LogP contribution < -0.4 is 5.32 Å². The van der Waals surface area contributed by atoms with Crippen LogP contribution in [0.15, 0.2) is 37.1 Å². The fraction of sp³-hybridized carbons (Fsp3) is 0.214. The summed E-state index contributed by atoms with van der Waals surface area (Å²) in [5.74, 6) is -1.20. The van der Waals surface area contributed by atoms with E-state index in [0.29, 0.717) is 12.1 Å².